The van der Waals surface area contributed by atoms with Crippen LogP contribution in [-0.2, 0) is 0 Å². The fraction of sp³-hybridized carbons (Fsp3) is 0.167. The van der Waals surface area contributed by atoms with Gasteiger partial charge in [-0.2, -0.15) is 0 Å². The third kappa shape index (κ3) is 3.57. The Hall–Kier alpha value is -1.82. The summed E-state index contributed by atoms with van der Waals surface area (Å²) in [6.07, 6.45) is -4.76. The molecule has 2 rings (SSSR count). The number of hydrogen-bond acceptors (Lipinski definition) is 3. The normalized spacial score (nSPS) is 11.4. The Morgan fingerprint density at radius 2 is 1.84 bits per heavy atom. The summed E-state index contributed by atoms with van der Waals surface area (Å²) in [5.41, 5.74) is 0.476. The van der Waals surface area contributed by atoms with E-state index in [1.54, 1.807) is 13.0 Å². The molecule has 19 heavy (non-hydrogen) atoms. The first-order valence-corrected chi connectivity index (χ1v) is 5.59. The van der Waals surface area contributed by atoms with Crippen molar-refractivity contribution in [3.8, 4) is 17.0 Å². The van der Waals surface area contributed by atoms with Crippen LogP contribution in [0.5, 0.6) is 5.75 Å². The predicted molar refractivity (Wildman–Crippen MR) is 63.9 cm³/mol. The molecule has 0 atom stereocenters. The molecule has 0 unspecified atom stereocenters. The number of halogens is 4. The van der Waals surface area contributed by atoms with Gasteiger partial charge in [-0.15, -0.1) is 13.2 Å². The molecule has 3 nitrogen and oxygen atoms in total. The minimum Gasteiger partial charge on any atom is -0.405 e. The maximum absolute atomic E-state index is 12.3. The van der Waals surface area contributed by atoms with Crippen LogP contribution in [-0.4, -0.2) is 16.3 Å². The van der Waals surface area contributed by atoms with Crippen molar-refractivity contribution in [3.05, 3.63) is 41.3 Å². The van der Waals surface area contributed by atoms with Crippen molar-refractivity contribution in [3.63, 3.8) is 0 Å². The fourth-order valence-electron chi connectivity index (χ4n) is 1.56. The van der Waals surface area contributed by atoms with Crippen molar-refractivity contribution in [2.24, 2.45) is 0 Å². The molecule has 100 valence electrons. The molecule has 0 amide bonds. The molecule has 0 spiro atoms. The number of rotatable bonds is 2. The van der Waals surface area contributed by atoms with Crippen LogP contribution >= 0.6 is 11.6 Å². The molecule has 0 saturated heterocycles. The monoisotopic (exact) mass is 288 g/mol. The topological polar surface area (TPSA) is 35.0 Å². The van der Waals surface area contributed by atoms with Crippen molar-refractivity contribution in [1.29, 1.82) is 0 Å². The predicted octanol–water partition coefficient (Wildman–Crippen LogP) is 4.00. The van der Waals surface area contributed by atoms with Crippen LogP contribution < -0.4 is 4.74 Å². The highest BCUT2D eigenvalue weighted by atomic mass is 35.5. The van der Waals surface area contributed by atoms with E-state index in [1.165, 1.54) is 24.3 Å². The van der Waals surface area contributed by atoms with E-state index in [0.29, 0.717) is 5.82 Å². The molecular weight excluding hydrogens is 281 g/mol. The maximum Gasteiger partial charge on any atom is 0.573 e. The highest BCUT2D eigenvalue weighted by Gasteiger charge is 2.32. The number of nitrogens with zero attached hydrogens (tertiary/aromatic N) is 2. The number of aryl methyl sites for hydroxylation is 1. The molecule has 1 aromatic carbocycles. The molecule has 1 heterocycles. The van der Waals surface area contributed by atoms with Gasteiger partial charge in [0.2, 0.25) is 0 Å². The van der Waals surface area contributed by atoms with E-state index in [1.807, 2.05) is 0 Å². The van der Waals surface area contributed by atoms with Crippen LogP contribution in [0, 0.1) is 6.92 Å². The maximum atomic E-state index is 12.3. The fourth-order valence-corrected chi connectivity index (χ4v) is 1.79. The second kappa shape index (κ2) is 5.05. The lowest BCUT2D eigenvalue weighted by Gasteiger charge is -2.13. The molecule has 1 aromatic heterocycles. The Balaban J connectivity index is 2.50. The first kappa shape index (κ1) is 13.6. The van der Waals surface area contributed by atoms with Gasteiger partial charge in [-0.3, -0.25) is 0 Å². The van der Waals surface area contributed by atoms with Gasteiger partial charge in [0.1, 0.15) is 16.7 Å². The molecular formula is C12H8ClF3N2O. The number of ether oxygens (including phenoxy) is 1. The average molecular weight is 289 g/mol. The van der Waals surface area contributed by atoms with Crippen LogP contribution in [0.25, 0.3) is 11.3 Å². The van der Waals surface area contributed by atoms with Crippen molar-refractivity contribution in [1.82, 2.24) is 9.97 Å². The van der Waals surface area contributed by atoms with E-state index in [0.717, 1.165) is 0 Å². The van der Waals surface area contributed by atoms with Crippen LogP contribution in [0.3, 0.4) is 0 Å². The van der Waals surface area contributed by atoms with Gasteiger partial charge < -0.3 is 4.74 Å². The number of para-hydroxylation sites is 1. The van der Waals surface area contributed by atoms with E-state index in [9.17, 15) is 13.2 Å². The summed E-state index contributed by atoms with van der Waals surface area (Å²) in [6.45, 7) is 1.60. The molecule has 0 N–H and O–H groups in total. The summed E-state index contributed by atoms with van der Waals surface area (Å²) in [5, 5.41) is 0.157. The summed E-state index contributed by atoms with van der Waals surface area (Å²) in [7, 11) is 0. The van der Waals surface area contributed by atoms with E-state index in [-0.39, 0.29) is 22.2 Å². The van der Waals surface area contributed by atoms with Crippen molar-refractivity contribution < 1.29 is 17.9 Å². The Bertz CT molecular complexity index is 582. The van der Waals surface area contributed by atoms with E-state index < -0.39 is 6.36 Å². The van der Waals surface area contributed by atoms with E-state index in [4.69, 9.17) is 11.6 Å². The van der Waals surface area contributed by atoms with Crippen molar-refractivity contribution >= 4 is 11.6 Å². The zero-order valence-corrected chi connectivity index (χ0v) is 10.5. The second-order valence-electron chi connectivity index (χ2n) is 3.67. The Morgan fingerprint density at radius 1 is 1.16 bits per heavy atom. The average Bonchev–Trinajstić information content (AvgIpc) is 2.26. The van der Waals surface area contributed by atoms with Crippen LogP contribution in [0.2, 0.25) is 5.15 Å². The van der Waals surface area contributed by atoms with Crippen LogP contribution in [0.4, 0.5) is 13.2 Å². The minimum atomic E-state index is -4.76. The number of benzene rings is 1. The summed E-state index contributed by atoms with van der Waals surface area (Å²) >= 11 is 5.77. The molecule has 2 aromatic rings. The summed E-state index contributed by atoms with van der Waals surface area (Å²) in [6, 6.07) is 7.10. The van der Waals surface area contributed by atoms with Gasteiger partial charge in [0.25, 0.3) is 0 Å². The molecule has 7 heteroatoms. The van der Waals surface area contributed by atoms with Crippen LogP contribution in [0.1, 0.15) is 5.82 Å². The Kier molecular flexibility index (Phi) is 3.61. The lowest BCUT2D eigenvalue weighted by atomic mass is 10.1. The zero-order valence-electron chi connectivity index (χ0n) is 9.70. The number of alkyl halides is 3. The van der Waals surface area contributed by atoms with Gasteiger partial charge in [0, 0.05) is 11.6 Å². The molecule has 0 bridgehead atoms. The highest BCUT2D eigenvalue weighted by Crippen LogP contribution is 2.33. The lowest BCUT2D eigenvalue weighted by molar-refractivity contribution is -0.274. The van der Waals surface area contributed by atoms with Crippen molar-refractivity contribution in [2.45, 2.75) is 13.3 Å². The lowest BCUT2D eigenvalue weighted by Crippen LogP contribution is -2.17. The third-order valence-electron chi connectivity index (χ3n) is 2.20. The van der Waals surface area contributed by atoms with Gasteiger partial charge in [0.15, 0.2) is 0 Å². The van der Waals surface area contributed by atoms with Crippen molar-refractivity contribution in [2.75, 3.05) is 0 Å². The Morgan fingerprint density at radius 3 is 2.47 bits per heavy atom. The highest BCUT2D eigenvalue weighted by molar-refractivity contribution is 6.29. The molecule has 0 radical (unpaired) electrons. The quantitative estimate of drug-likeness (QED) is 0.783. The molecule has 0 aliphatic rings. The second-order valence-corrected chi connectivity index (χ2v) is 4.05. The molecule has 0 saturated carbocycles. The third-order valence-corrected chi connectivity index (χ3v) is 2.39. The summed E-state index contributed by atoms with van der Waals surface area (Å²) in [4.78, 5) is 7.91. The van der Waals surface area contributed by atoms with Crippen LogP contribution in [0.15, 0.2) is 30.3 Å². The number of aromatic nitrogens is 2. The molecule has 0 aliphatic carbocycles. The first-order chi connectivity index (χ1) is 8.85. The number of hydrogen-bond donors (Lipinski definition) is 0. The SMILES string of the molecule is Cc1nc(Cl)cc(-c2ccccc2OC(F)(F)F)n1. The van der Waals surface area contributed by atoms with E-state index >= 15 is 0 Å². The minimum absolute atomic E-state index is 0.157. The molecule has 0 aliphatic heterocycles. The van der Waals surface area contributed by atoms with Gasteiger partial charge in [-0.25, -0.2) is 9.97 Å². The van der Waals surface area contributed by atoms with Gasteiger partial charge >= 0.3 is 6.36 Å². The molecule has 0 fully saturated rings. The van der Waals surface area contributed by atoms with Gasteiger partial charge in [-0.05, 0) is 19.1 Å². The van der Waals surface area contributed by atoms with E-state index in [2.05, 4.69) is 14.7 Å². The van der Waals surface area contributed by atoms with Gasteiger partial charge in [-0.1, -0.05) is 23.7 Å². The summed E-state index contributed by atoms with van der Waals surface area (Å²) < 4.78 is 40.9. The summed E-state index contributed by atoms with van der Waals surface area (Å²) in [5.74, 6) is 0.0356. The smallest absolute Gasteiger partial charge is 0.405 e. The van der Waals surface area contributed by atoms with Gasteiger partial charge in [0.05, 0.1) is 5.69 Å². The Labute approximate surface area is 112 Å². The zero-order chi connectivity index (χ0) is 14.0. The first-order valence-electron chi connectivity index (χ1n) is 5.21. The largest absolute Gasteiger partial charge is 0.573 e. The standard InChI is InChI=1S/C12H8ClF3N2O/c1-7-17-9(6-11(13)18-7)8-4-2-3-5-10(8)19-12(14,15)16/h2-6H,1H3.